The lowest BCUT2D eigenvalue weighted by atomic mass is 9.98. The number of carbonyl (C=O) groups excluding carboxylic acids is 1. The van der Waals surface area contributed by atoms with E-state index in [2.05, 4.69) is 0 Å². The highest BCUT2D eigenvalue weighted by molar-refractivity contribution is 5.72. The van der Waals surface area contributed by atoms with Crippen LogP contribution < -0.4 is 0 Å². The fourth-order valence-corrected chi connectivity index (χ4v) is 0.667. The van der Waals surface area contributed by atoms with Crippen molar-refractivity contribution in [3.8, 4) is 0 Å². The number of esters is 1. The molecule has 0 aliphatic heterocycles. The van der Waals surface area contributed by atoms with Gasteiger partial charge in [0.1, 0.15) is 5.60 Å². The molecule has 0 aliphatic carbocycles. The molecule has 0 bridgehead atoms. The largest absolute Gasteiger partial charge is 0.460 e. The molecule has 1 unspecified atom stereocenters. The zero-order valence-electron chi connectivity index (χ0n) is 8.97. The first-order chi connectivity index (χ1) is 5.24. The molecule has 2 heteroatoms. The van der Waals surface area contributed by atoms with Crippen LogP contribution in [0.15, 0.2) is 0 Å². The van der Waals surface area contributed by atoms with Gasteiger partial charge in [0.2, 0.25) is 0 Å². The van der Waals surface area contributed by atoms with Gasteiger partial charge in [-0.3, -0.25) is 4.79 Å². The molecule has 0 rings (SSSR count). The Morgan fingerprint density at radius 1 is 1.17 bits per heavy atom. The van der Waals surface area contributed by atoms with E-state index in [0.717, 1.165) is 0 Å². The predicted molar refractivity (Wildman–Crippen MR) is 49.8 cm³/mol. The maximum absolute atomic E-state index is 11.4. The van der Waals surface area contributed by atoms with Crippen LogP contribution in [0.4, 0.5) is 0 Å². The third kappa shape index (κ3) is 4.37. The summed E-state index contributed by atoms with van der Waals surface area (Å²) in [6, 6.07) is 0. The van der Waals surface area contributed by atoms with Crippen LogP contribution in [0.1, 0.15) is 41.5 Å². The van der Waals surface area contributed by atoms with E-state index in [1.807, 2.05) is 41.5 Å². The first kappa shape index (κ1) is 11.5. The quantitative estimate of drug-likeness (QED) is 0.598. The topological polar surface area (TPSA) is 26.3 Å². The third-order valence-electron chi connectivity index (χ3n) is 1.78. The van der Waals surface area contributed by atoms with Crippen molar-refractivity contribution in [1.29, 1.82) is 0 Å². The second-order valence-corrected chi connectivity index (χ2v) is 4.57. The molecule has 0 aliphatic rings. The van der Waals surface area contributed by atoms with Crippen LogP contribution in [-0.2, 0) is 9.53 Å². The first-order valence-electron chi connectivity index (χ1n) is 4.47. The van der Waals surface area contributed by atoms with E-state index < -0.39 is 0 Å². The van der Waals surface area contributed by atoms with E-state index in [0.29, 0.717) is 5.92 Å². The normalized spacial score (nSPS) is 14.6. The summed E-state index contributed by atoms with van der Waals surface area (Å²) in [7, 11) is 0. The molecule has 0 fully saturated rings. The number of rotatable bonds is 2. The summed E-state index contributed by atoms with van der Waals surface area (Å²) in [5.74, 6) is 0.238. The van der Waals surface area contributed by atoms with Crippen molar-refractivity contribution < 1.29 is 9.53 Å². The molecule has 0 heterocycles. The first-order valence-corrected chi connectivity index (χ1v) is 4.47. The highest BCUT2D eigenvalue weighted by Gasteiger charge is 2.23. The van der Waals surface area contributed by atoms with E-state index in [9.17, 15) is 4.79 Å². The Kier molecular flexibility index (Phi) is 3.75. The Labute approximate surface area is 75.3 Å². The molecule has 0 aromatic heterocycles. The van der Waals surface area contributed by atoms with Crippen molar-refractivity contribution in [2.45, 2.75) is 47.1 Å². The summed E-state index contributed by atoms with van der Waals surface area (Å²) < 4.78 is 5.22. The van der Waals surface area contributed by atoms with Gasteiger partial charge in [-0.2, -0.15) is 0 Å². The molecule has 0 spiro atoms. The van der Waals surface area contributed by atoms with Crippen LogP contribution >= 0.6 is 0 Å². The lowest BCUT2D eigenvalue weighted by Gasteiger charge is -2.23. The van der Waals surface area contributed by atoms with E-state index >= 15 is 0 Å². The highest BCUT2D eigenvalue weighted by atomic mass is 16.6. The second kappa shape index (κ2) is 3.92. The van der Waals surface area contributed by atoms with Gasteiger partial charge in [0.05, 0.1) is 5.92 Å². The predicted octanol–water partition coefficient (Wildman–Crippen LogP) is 2.62. The highest BCUT2D eigenvalue weighted by Crippen LogP contribution is 2.16. The molecule has 0 N–H and O–H groups in total. The number of hydrogen-bond acceptors (Lipinski definition) is 2. The molecular weight excluding hydrogens is 152 g/mol. The third-order valence-corrected chi connectivity index (χ3v) is 1.78. The monoisotopic (exact) mass is 172 g/mol. The minimum Gasteiger partial charge on any atom is -0.460 e. The Hall–Kier alpha value is -0.530. The molecule has 0 saturated heterocycles. The standard InChI is InChI=1S/C10H20O2/c1-7(2)8(3)9(11)12-10(4,5)6/h7-8H,1-6H3. The fraction of sp³-hybridized carbons (Fsp3) is 0.900. The van der Waals surface area contributed by atoms with Crippen molar-refractivity contribution in [2.75, 3.05) is 0 Å². The molecule has 12 heavy (non-hydrogen) atoms. The minimum absolute atomic E-state index is 0.00998. The molecule has 1 atom stereocenters. The summed E-state index contributed by atoms with van der Waals surface area (Å²) in [4.78, 5) is 11.4. The summed E-state index contributed by atoms with van der Waals surface area (Å²) >= 11 is 0. The summed E-state index contributed by atoms with van der Waals surface area (Å²) in [5, 5.41) is 0. The van der Waals surface area contributed by atoms with Crippen LogP contribution in [0.2, 0.25) is 0 Å². The van der Waals surface area contributed by atoms with Crippen LogP contribution in [0, 0.1) is 11.8 Å². The second-order valence-electron chi connectivity index (χ2n) is 4.57. The van der Waals surface area contributed by atoms with Gasteiger partial charge >= 0.3 is 5.97 Å². The smallest absolute Gasteiger partial charge is 0.309 e. The zero-order chi connectivity index (χ0) is 9.94. The minimum atomic E-state index is -0.361. The summed E-state index contributed by atoms with van der Waals surface area (Å²) in [6.45, 7) is 11.6. The van der Waals surface area contributed by atoms with Gasteiger partial charge in [0, 0.05) is 0 Å². The summed E-state index contributed by atoms with van der Waals surface area (Å²) in [6.07, 6.45) is 0. The lowest BCUT2D eigenvalue weighted by molar-refractivity contribution is -0.160. The van der Waals surface area contributed by atoms with Gasteiger partial charge in [-0.05, 0) is 26.7 Å². The van der Waals surface area contributed by atoms with Gasteiger partial charge in [-0.15, -0.1) is 0 Å². The molecule has 0 aromatic rings. The van der Waals surface area contributed by atoms with Crippen molar-refractivity contribution >= 4 is 5.97 Å². The number of carbonyl (C=O) groups is 1. The molecule has 2 nitrogen and oxygen atoms in total. The molecule has 0 amide bonds. The molecular formula is C10H20O2. The Bertz CT molecular complexity index is 154. The van der Waals surface area contributed by atoms with Gasteiger partial charge in [-0.1, -0.05) is 20.8 Å². The molecule has 0 radical (unpaired) electrons. The van der Waals surface area contributed by atoms with Crippen molar-refractivity contribution in [3.05, 3.63) is 0 Å². The maximum atomic E-state index is 11.4. The van der Waals surface area contributed by atoms with Crippen molar-refractivity contribution in [2.24, 2.45) is 11.8 Å². The van der Waals surface area contributed by atoms with Gasteiger partial charge in [0.15, 0.2) is 0 Å². The van der Waals surface area contributed by atoms with Crippen LogP contribution in [0.25, 0.3) is 0 Å². The van der Waals surface area contributed by atoms with Gasteiger partial charge in [0.25, 0.3) is 0 Å². The fourth-order valence-electron chi connectivity index (χ4n) is 0.667. The van der Waals surface area contributed by atoms with Gasteiger partial charge < -0.3 is 4.74 Å². The Morgan fingerprint density at radius 3 is 1.83 bits per heavy atom. The van der Waals surface area contributed by atoms with Crippen LogP contribution in [0.3, 0.4) is 0 Å². The molecule has 72 valence electrons. The Morgan fingerprint density at radius 2 is 1.58 bits per heavy atom. The number of hydrogen-bond donors (Lipinski definition) is 0. The van der Waals surface area contributed by atoms with Gasteiger partial charge in [-0.25, -0.2) is 0 Å². The van der Waals surface area contributed by atoms with Crippen LogP contribution in [-0.4, -0.2) is 11.6 Å². The molecule has 0 aromatic carbocycles. The lowest BCUT2D eigenvalue weighted by Crippen LogP contribution is -2.29. The maximum Gasteiger partial charge on any atom is 0.309 e. The van der Waals surface area contributed by atoms with Crippen molar-refractivity contribution in [1.82, 2.24) is 0 Å². The average molecular weight is 172 g/mol. The Balaban J connectivity index is 4.05. The average Bonchev–Trinajstić information content (AvgIpc) is 1.82. The van der Waals surface area contributed by atoms with Crippen LogP contribution in [0.5, 0.6) is 0 Å². The summed E-state index contributed by atoms with van der Waals surface area (Å²) in [5.41, 5.74) is -0.361. The zero-order valence-corrected chi connectivity index (χ0v) is 8.97. The van der Waals surface area contributed by atoms with E-state index in [4.69, 9.17) is 4.74 Å². The van der Waals surface area contributed by atoms with E-state index in [1.54, 1.807) is 0 Å². The SMILES string of the molecule is CC(C)C(C)C(=O)OC(C)(C)C. The number of ether oxygens (including phenoxy) is 1. The molecule has 0 saturated carbocycles. The van der Waals surface area contributed by atoms with Crippen molar-refractivity contribution in [3.63, 3.8) is 0 Å². The van der Waals surface area contributed by atoms with E-state index in [-0.39, 0.29) is 17.5 Å². The van der Waals surface area contributed by atoms with E-state index in [1.165, 1.54) is 0 Å².